The minimum atomic E-state index is 0.573. The summed E-state index contributed by atoms with van der Waals surface area (Å²) >= 11 is 11.2. The van der Waals surface area contributed by atoms with Crippen LogP contribution in [0.3, 0.4) is 0 Å². The molecule has 0 aliphatic rings. The van der Waals surface area contributed by atoms with Gasteiger partial charge < -0.3 is 0 Å². The monoisotopic (exact) mass is 274 g/mol. The summed E-state index contributed by atoms with van der Waals surface area (Å²) in [5, 5.41) is 1.28. The first-order valence-electron chi connectivity index (χ1n) is 3.95. The lowest BCUT2D eigenvalue weighted by Crippen LogP contribution is -1.76. The van der Waals surface area contributed by atoms with Crippen molar-refractivity contribution in [2.24, 2.45) is 0 Å². The number of hydrogen-bond acceptors (Lipinski definition) is 1. The third-order valence-electron chi connectivity index (χ3n) is 1.91. The molecule has 0 aliphatic carbocycles. The molecular formula is C10H8BrClS. The Labute approximate surface area is 94.7 Å². The molecule has 1 aromatic carbocycles. The number of aryl methyl sites for hydroxylation is 1. The summed E-state index contributed by atoms with van der Waals surface area (Å²) in [6, 6.07) is 6.43. The highest BCUT2D eigenvalue weighted by Gasteiger charge is 2.04. The number of hydrogen-bond donors (Lipinski definition) is 0. The second kappa shape index (κ2) is 3.60. The molecule has 0 radical (unpaired) electrons. The van der Waals surface area contributed by atoms with Gasteiger partial charge in [0.25, 0.3) is 0 Å². The first-order chi connectivity index (χ1) is 6.20. The van der Waals surface area contributed by atoms with Gasteiger partial charge in [-0.05, 0) is 52.0 Å². The van der Waals surface area contributed by atoms with Crippen molar-refractivity contribution in [3.8, 4) is 0 Å². The number of benzene rings is 1. The van der Waals surface area contributed by atoms with E-state index in [-0.39, 0.29) is 0 Å². The summed E-state index contributed by atoms with van der Waals surface area (Å²) in [4.78, 5) is 1.34. The Morgan fingerprint density at radius 2 is 2.15 bits per heavy atom. The Morgan fingerprint density at radius 1 is 1.38 bits per heavy atom. The highest BCUT2D eigenvalue weighted by Crippen LogP contribution is 2.33. The molecule has 0 nitrogen and oxygen atoms in total. The third-order valence-corrected chi connectivity index (χ3v) is 4.20. The maximum absolute atomic E-state index is 5.79. The van der Waals surface area contributed by atoms with Gasteiger partial charge in [-0.2, -0.15) is 0 Å². The molecule has 0 bridgehead atoms. The average Bonchev–Trinajstić information content (AvgIpc) is 2.46. The predicted octanol–water partition coefficient (Wildman–Crippen LogP) is 4.71. The van der Waals surface area contributed by atoms with Crippen LogP contribution in [0, 0.1) is 6.92 Å². The standard InChI is InChI=1S/C10H8BrClS/c1-6-2-8-3-7(5-12)4-9(11)10(8)13-6/h2-4H,5H2,1H3. The van der Waals surface area contributed by atoms with E-state index in [1.54, 1.807) is 0 Å². The molecule has 1 heterocycles. The molecule has 0 saturated carbocycles. The number of rotatable bonds is 1. The normalized spacial score (nSPS) is 11.0. The molecule has 13 heavy (non-hydrogen) atoms. The summed E-state index contributed by atoms with van der Waals surface area (Å²) in [5.41, 5.74) is 1.17. The van der Waals surface area contributed by atoms with E-state index in [1.165, 1.54) is 20.5 Å². The van der Waals surface area contributed by atoms with E-state index >= 15 is 0 Å². The van der Waals surface area contributed by atoms with Crippen molar-refractivity contribution >= 4 is 49.0 Å². The van der Waals surface area contributed by atoms with Gasteiger partial charge in [-0.15, -0.1) is 22.9 Å². The molecule has 0 amide bonds. The Balaban J connectivity index is 2.75. The highest BCUT2D eigenvalue weighted by molar-refractivity contribution is 9.10. The van der Waals surface area contributed by atoms with Gasteiger partial charge in [0.15, 0.2) is 0 Å². The summed E-state index contributed by atoms with van der Waals surface area (Å²) in [6.45, 7) is 2.12. The van der Waals surface area contributed by atoms with E-state index in [9.17, 15) is 0 Å². The van der Waals surface area contributed by atoms with Crippen LogP contribution in [0.5, 0.6) is 0 Å². The lowest BCUT2D eigenvalue weighted by atomic mass is 10.2. The average molecular weight is 276 g/mol. The molecule has 0 unspecified atom stereocenters. The Hall–Kier alpha value is -0.0500. The second-order valence-corrected chi connectivity index (χ2v) is 5.36. The van der Waals surface area contributed by atoms with Gasteiger partial charge in [-0.3, -0.25) is 0 Å². The molecule has 0 fully saturated rings. The zero-order valence-electron chi connectivity index (χ0n) is 7.10. The number of thiophene rings is 1. The molecule has 2 aromatic rings. The van der Waals surface area contributed by atoms with E-state index in [0.29, 0.717) is 5.88 Å². The molecule has 0 saturated heterocycles. The lowest BCUT2D eigenvalue weighted by Gasteiger charge is -1.98. The van der Waals surface area contributed by atoms with Crippen LogP contribution in [0.15, 0.2) is 22.7 Å². The summed E-state index contributed by atoms with van der Waals surface area (Å²) < 4.78 is 2.46. The van der Waals surface area contributed by atoms with Crippen LogP contribution in [0.1, 0.15) is 10.4 Å². The van der Waals surface area contributed by atoms with E-state index in [0.717, 1.165) is 4.47 Å². The Morgan fingerprint density at radius 3 is 2.85 bits per heavy atom. The highest BCUT2D eigenvalue weighted by atomic mass is 79.9. The first-order valence-corrected chi connectivity index (χ1v) is 6.09. The van der Waals surface area contributed by atoms with Crippen LogP contribution < -0.4 is 0 Å². The van der Waals surface area contributed by atoms with Gasteiger partial charge >= 0.3 is 0 Å². The van der Waals surface area contributed by atoms with Crippen molar-refractivity contribution in [1.29, 1.82) is 0 Å². The summed E-state index contributed by atoms with van der Waals surface area (Å²) in [6.07, 6.45) is 0. The van der Waals surface area contributed by atoms with Gasteiger partial charge in [0.2, 0.25) is 0 Å². The molecule has 0 aliphatic heterocycles. The SMILES string of the molecule is Cc1cc2cc(CCl)cc(Br)c2s1. The number of halogens is 2. The maximum atomic E-state index is 5.79. The zero-order chi connectivity index (χ0) is 9.42. The largest absolute Gasteiger partial charge is 0.139 e. The van der Waals surface area contributed by atoms with Crippen LogP contribution in [-0.4, -0.2) is 0 Å². The van der Waals surface area contributed by atoms with Crippen molar-refractivity contribution in [3.63, 3.8) is 0 Å². The molecule has 3 heteroatoms. The second-order valence-electron chi connectivity index (χ2n) is 2.99. The van der Waals surface area contributed by atoms with E-state index in [4.69, 9.17) is 11.6 Å². The fourth-order valence-electron chi connectivity index (χ4n) is 1.37. The van der Waals surface area contributed by atoms with Crippen molar-refractivity contribution in [2.75, 3.05) is 0 Å². The topological polar surface area (TPSA) is 0 Å². The summed E-state index contributed by atoms with van der Waals surface area (Å²) in [5.74, 6) is 0.573. The van der Waals surface area contributed by atoms with Gasteiger partial charge in [0, 0.05) is 19.9 Å². The summed E-state index contributed by atoms with van der Waals surface area (Å²) in [7, 11) is 0. The van der Waals surface area contributed by atoms with Gasteiger partial charge in [0.1, 0.15) is 0 Å². The van der Waals surface area contributed by atoms with Gasteiger partial charge in [-0.25, -0.2) is 0 Å². The van der Waals surface area contributed by atoms with Crippen LogP contribution in [-0.2, 0) is 5.88 Å². The smallest absolute Gasteiger partial charge is 0.0487 e. The fraction of sp³-hybridized carbons (Fsp3) is 0.200. The minimum absolute atomic E-state index is 0.573. The number of fused-ring (bicyclic) bond motifs is 1. The van der Waals surface area contributed by atoms with E-state index in [2.05, 4.69) is 41.1 Å². The minimum Gasteiger partial charge on any atom is -0.139 e. The zero-order valence-corrected chi connectivity index (χ0v) is 10.3. The van der Waals surface area contributed by atoms with Crippen LogP contribution in [0.2, 0.25) is 0 Å². The number of alkyl halides is 1. The quantitative estimate of drug-likeness (QED) is 0.661. The van der Waals surface area contributed by atoms with E-state index < -0.39 is 0 Å². The van der Waals surface area contributed by atoms with Crippen molar-refractivity contribution < 1.29 is 0 Å². The molecule has 1 aromatic heterocycles. The maximum Gasteiger partial charge on any atom is 0.0487 e. The molecule has 0 N–H and O–H groups in total. The molecular weight excluding hydrogens is 268 g/mol. The van der Waals surface area contributed by atoms with Crippen LogP contribution >= 0.6 is 38.9 Å². The van der Waals surface area contributed by atoms with Gasteiger partial charge in [-0.1, -0.05) is 0 Å². The molecule has 0 atom stereocenters. The van der Waals surface area contributed by atoms with Crippen molar-refractivity contribution in [2.45, 2.75) is 12.8 Å². The van der Waals surface area contributed by atoms with Crippen LogP contribution in [0.25, 0.3) is 10.1 Å². The lowest BCUT2D eigenvalue weighted by molar-refractivity contribution is 1.42. The predicted molar refractivity (Wildman–Crippen MR) is 63.8 cm³/mol. The Kier molecular flexibility index (Phi) is 2.63. The van der Waals surface area contributed by atoms with Gasteiger partial charge in [0.05, 0.1) is 0 Å². The van der Waals surface area contributed by atoms with Crippen molar-refractivity contribution in [1.82, 2.24) is 0 Å². The Bertz CT molecular complexity index is 447. The molecule has 2 rings (SSSR count). The van der Waals surface area contributed by atoms with E-state index in [1.807, 2.05) is 11.3 Å². The van der Waals surface area contributed by atoms with Crippen LogP contribution in [0.4, 0.5) is 0 Å². The first kappa shape index (κ1) is 9.50. The molecule has 0 spiro atoms. The fourth-order valence-corrected chi connectivity index (χ4v) is 3.19. The third kappa shape index (κ3) is 1.76. The molecule has 68 valence electrons. The van der Waals surface area contributed by atoms with Crippen molar-refractivity contribution in [3.05, 3.63) is 33.1 Å².